The Balaban J connectivity index is 1.58. The van der Waals surface area contributed by atoms with Crippen molar-refractivity contribution in [2.45, 2.75) is 13.0 Å². The van der Waals surface area contributed by atoms with Crippen molar-refractivity contribution in [2.75, 3.05) is 31.1 Å². The van der Waals surface area contributed by atoms with Crippen LogP contribution in [-0.4, -0.2) is 45.6 Å². The molecule has 5 heteroatoms. The minimum absolute atomic E-state index is 0.205. The Morgan fingerprint density at radius 1 is 0.889 bits per heavy atom. The molecule has 0 unspecified atom stereocenters. The zero-order valence-electron chi connectivity index (χ0n) is 15.4. The molecule has 27 heavy (non-hydrogen) atoms. The Bertz CT molecular complexity index is 855. The molecule has 1 fully saturated rings. The summed E-state index contributed by atoms with van der Waals surface area (Å²) in [6, 6.07) is 13.0. The number of halogens is 1. The van der Waals surface area contributed by atoms with Gasteiger partial charge in [0.2, 0.25) is 0 Å². The van der Waals surface area contributed by atoms with E-state index < -0.39 is 0 Å². The Morgan fingerprint density at radius 2 is 1.63 bits per heavy atom. The molecule has 0 aliphatic carbocycles. The van der Waals surface area contributed by atoms with Crippen LogP contribution in [0.3, 0.4) is 0 Å². The molecule has 140 valence electrons. The Kier molecular flexibility index (Phi) is 5.90. The van der Waals surface area contributed by atoms with Gasteiger partial charge in [-0.3, -0.25) is 4.98 Å². The van der Waals surface area contributed by atoms with Gasteiger partial charge in [-0.1, -0.05) is 12.1 Å². The maximum Gasteiger partial charge on any atom is 0.123 e. The topological polar surface area (TPSA) is 21.1 Å². The number of aryl methyl sites for hydroxylation is 1. The predicted octanol–water partition coefficient (Wildman–Crippen LogP) is 4.80. The summed E-state index contributed by atoms with van der Waals surface area (Å²) < 4.78 is 15.7. The molecule has 0 N–H and O–H groups in total. The van der Waals surface area contributed by atoms with Crippen LogP contribution in [0.25, 0.3) is 22.4 Å². The van der Waals surface area contributed by atoms with Crippen LogP contribution in [0.5, 0.6) is 0 Å². The van der Waals surface area contributed by atoms with Gasteiger partial charge in [0.15, 0.2) is 0 Å². The lowest BCUT2D eigenvalue weighted by molar-refractivity contribution is 0.292. The summed E-state index contributed by atoms with van der Waals surface area (Å²) in [5.74, 6) is 2.30. The van der Waals surface area contributed by atoms with Crippen LogP contribution in [0.1, 0.15) is 6.42 Å². The summed E-state index contributed by atoms with van der Waals surface area (Å²) in [4.78, 5) is 6.72. The van der Waals surface area contributed by atoms with E-state index in [0.29, 0.717) is 0 Å². The van der Waals surface area contributed by atoms with Gasteiger partial charge in [-0.2, -0.15) is 11.8 Å². The molecule has 1 aromatic carbocycles. The lowest BCUT2D eigenvalue weighted by atomic mass is 10.0. The van der Waals surface area contributed by atoms with Crippen molar-refractivity contribution in [3.8, 4) is 22.4 Å². The van der Waals surface area contributed by atoms with Crippen LogP contribution in [0, 0.1) is 5.82 Å². The minimum Gasteiger partial charge on any atom is -0.347 e. The fourth-order valence-corrected chi connectivity index (χ4v) is 4.62. The summed E-state index contributed by atoms with van der Waals surface area (Å²) in [5, 5.41) is 0. The normalized spacial score (nSPS) is 15.1. The highest BCUT2D eigenvalue weighted by Crippen LogP contribution is 2.33. The molecule has 0 radical (unpaired) electrons. The first-order valence-electron chi connectivity index (χ1n) is 9.47. The largest absolute Gasteiger partial charge is 0.347 e. The van der Waals surface area contributed by atoms with Crippen LogP contribution >= 0.6 is 11.8 Å². The molecule has 2 aromatic heterocycles. The van der Waals surface area contributed by atoms with Gasteiger partial charge in [-0.05, 0) is 48.9 Å². The molecular formula is C22H24FN3S. The zero-order chi connectivity index (χ0) is 18.5. The quantitative estimate of drug-likeness (QED) is 0.612. The lowest BCUT2D eigenvalue weighted by Crippen LogP contribution is -2.33. The van der Waals surface area contributed by atoms with Crippen LogP contribution in [0.4, 0.5) is 4.39 Å². The molecule has 3 heterocycles. The maximum atomic E-state index is 13.4. The Morgan fingerprint density at radius 3 is 2.37 bits per heavy atom. The third kappa shape index (κ3) is 4.42. The van der Waals surface area contributed by atoms with E-state index in [4.69, 9.17) is 0 Å². The van der Waals surface area contributed by atoms with E-state index >= 15 is 0 Å². The molecule has 1 aliphatic rings. The van der Waals surface area contributed by atoms with Crippen LogP contribution in [0.15, 0.2) is 61.1 Å². The van der Waals surface area contributed by atoms with Crippen LogP contribution < -0.4 is 0 Å². The average molecular weight is 382 g/mol. The van der Waals surface area contributed by atoms with Gasteiger partial charge in [-0.25, -0.2) is 4.39 Å². The van der Waals surface area contributed by atoms with E-state index in [-0.39, 0.29) is 5.82 Å². The molecule has 1 saturated heterocycles. The zero-order valence-corrected chi connectivity index (χ0v) is 16.2. The van der Waals surface area contributed by atoms with Gasteiger partial charge < -0.3 is 9.47 Å². The second-order valence-electron chi connectivity index (χ2n) is 6.82. The third-order valence-electron chi connectivity index (χ3n) is 5.05. The highest BCUT2D eigenvalue weighted by atomic mass is 32.2. The monoisotopic (exact) mass is 381 g/mol. The van der Waals surface area contributed by atoms with Gasteiger partial charge in [0, 0.05) is 60.9 Å². The summed E-state index contributed by atoms with van der Waals surface area (Å²) in [7, 11) is 0. The standard InChI is InChI=1S/C22H24FN3S/c23-20-4-2-18(3-5-20)21-8-13-26(22(21)19-6-9-24-10-7-19)12-1-11-25-14-16-27-17-15-25/h2-10,13H,1,11-12,14-17H2. The molecular weight excluding hydrogens is 357 g/mol. The highest BCUT2D eigenvalue weighted by Gasteiger charge is 2.14. The van der Waals surface area contributed by atoms with Crippen LogP contribution in [-0.2, 0) is 6.54 Å². The van der Waals surface area contributed by atoms with Gasteiger partial charge in [0.05, 0.1) is 5.69 Å². The van der Waals surface area contributed by atoms with Crippen molar-refractivity contribution in [3.63, 3.8) is 0 Å². The second kappa shape index (κ2) is 8.72. The summed E-state index contributed by atoms with van der Waals surface area (Å²) in [6.45, 7) is 4.52. The molecule has 3 aromatic rings. The third-order valence-corrected chi connectivity index (χ3v) is 5.99. The van der Waals surface area contributed by atoms with Crippen molar-refractivity contribution >= 4 is 11.8 Å². The number of benzene rings is 1. The molecule has 0 spiro atoms. The van der Waals surface area contributed by atoms with Crippen molar-refractivity contribution in [1.82, 2.24) is 14.5 Å². The lowest BCUT2D eigenvalue weighted by Gasteiger charge is -2.26. The average Bonchev–Trinajstić information content (AvgIpc) is 3.14. The number of aromatic nitrogens is 2. The first-order valence-corrected chi connectivity index (χ1v) is 10.6. The van der Waals surface area contributed by atoms with E-state index in [1.807, 2.05) is 36.7 Å². The summed E-state index contributed by atoms with van der Waals surface area (Å²) in [6.07, 6.45) is 6.93. The number of hydrogen-bond donors (Lipinski definition) is 0. The molecule has 4 rings (SSSR count). The molecule has 0 bridgehead atoms. The molecule has 0 atom stereocenters. The van der Waals surface area contributed by atoms with Crippen LogP contribution in [0.2, 0.25) is 0 Å². The highest BCUT2D eigenvalue weighted by molar-refractivity contribution is 7.99. The second-order valence-corrected chi connectivity index (χ2v) is 8.05. The molecule has 3 nitrogen and oxygen atoms in total. The van der Waals surface area contributed by atoms with E-state index in [1.165, 1.54) is 42.4 Å². The first kappa shape index (κ1) is 18.3. The fraction of sp³-hybridized carbons (Fsp3) is 0.318. The molecule has 0 amide bonds. The van der Waals surface area contributed by atoms with Crippen molar-refractivity contribution in [2.24, 2.45) is 0 Å². The Hall–Kier alpha value is -2.11. The van der Waals surface area contributed by atoms with E-state index in [1.54, 1.807) is 0 Å². The molecule has 1 aliphatic heterocycles. The van der Waals surface area contributed by atoms with E-state index in [2.05, 4.69) is 38.5 Å². The summed E-state index contributed by atoms with van der Waals surface area (Å²) >= 11 is 2.05. The van der Waals surface area contributed by atoms with Gasteiger partial charge in [0.25, 0.3) is 0 Å². The predicted molar refractivity (Wildman–Crippen MR) is 111 cm³/mol. The Labute approximate surface area is 164 Å². The van der Waals surface area contributed by atoms with Crippen molar-refractivity contribution < 1.29 is 4.39 Å². The number of thioether (sulfide) groups is 1. The number of nitrogens with zero attached hydrogens (tertiary/aromatic N) is 3. The minimum atomic E-state index is -0.205. The first-order chi connectivity index (χ1) is 13.3. The van der Waals surface area contributed by atoms with Gasteiger partial charge in [-0.15, -0.1) is 0 Å². The number of rotatable bonds is 6. The maximum absolute atomic E-state index is 13.4. The molecule has 0 saturated carbocycles. The summed E-state index contributed by atoms with van der Waals surface area (Å²) in [5.41, 5.74) is 4.49. The number of hydrogen-bond acceptors (Lipinski definition) is 3. The fourth-order valence-electron chi connectivity index (χ4n) is 3.64. The van der Waals surface area contributed by atoms with Crippen molar-refractivity contribution in [3.05, 3.63) is 66.9 Å². The van der Waals surface area contributed by atoms with Gasteiger partial charge in [0.1, 0.15) is 5.82 Å². The van der Waals surface area contributed by atoms with Gasteiger partial charge >= 0.3 is 0 Å². The SMILES string of the molecule is Fc1ccc(-c2ccn(CCCN3CCSCC3)c2-c2ccncc2)cc1. The van der Waals surface area contributed by atoms with Crippen molar-refractivity contribution in [1.29, 1.82) is 0 Å². The van der Waals surface area contributed by atoms with E-state index in [0.717, 1.165) is 36.2 Å². The van der Waals surface area contributed by atoms with E-state index in [9.17, 15) is 4.39 Å². The number of pyridine rings is 1. The smallest absolute Gasteiger partial charge is 0.123 e.